The Morgan fingerprint density at radius 2 is 1.68 bits per heavy atom. The van der Waals surface area contributed by atoms with Gasteiger partial charge in [0.2, 0.25) is 0 Å². The van der Waals surface area contributed by atoms with Gasteiger partial charge in [-0.15, -0.1) is 0 Å². The van der Waals surface area contributed by atoms with Gasteiger partial charge in [-0.05, 0) is 19.6 Å². The molecule has 1 aromatic heterocycles. The number of thioether (sulfide) groups is 1. The minimum Gasteiger partial charge on any atom is -0.370 e. The Balaban J connectivity index is 3.08. The Bertz CT molecular complexity index is 423. The van der Waals surface area contributed by atoms with Gasteiger partial charge in [0.25, 0.3) is 0 Å². The molecule has 19 heavy (non-hydrogen) atoms. The maximum absolute atomic E-state index is 12.3. The molecule has 0 saturated carbocycles. The summed E-state index contributed by atoms with van der Waals surface area (Å²) in [7, 11) is 0. The van der Waals surface area contributed by atoms with Crippen molar-refractivity contribution in [1.82, 2.24) is 9.97 Å². The van der Waals surface area contributed by atoms with E-state index in [0.717, 1.165) is 0 Å². The number of rotatable bonds is 6. The highest BCUT2D eigenvalue weighted by Crippen LogP contribution is 2.26. The molecule has 108 valence electrons. The van der Waals surface area contributed by atoms with Crippen molar-refractivity contribution in [2.75, 3.05) is 30.0 Å². The first-order valence-electron chi connectivity index (χ1n) is 5.90. The molecule has 8 heteroatoms. The molecule has 0 aliphatic carbocycles. The SMILES string of the molecule is CCNc1nc(SC)nc(NCC(F)(F)F)c1CC. The third-order valence-electron chi connectivity index (χ3n) is 2.32. The average Bonchev–Trinajstić information content (AvgIpc) is 2.35. The Labute approximate surface area is 114 Å². The second-order valence-electron chi connectivity index (χ2n) is 3.74. The van der Waals surface area contributed by atoms with Crippen LogP contribution in [0, 0.1) is 0 Å². The molecular weight excluding hydrogens is 277 g/mol. The second-order valence-corrected chi connectivity index (χ2v) is 4.51. The van der Waals surface area contributed by atoms with Crippen LogP contribution in [-0.4, -0.2) is 35.5 Å². The zero-order valence-corrected chi connectivity index (χ0v) is 11.9. The predicted octanol–water partition coefficient (Wildman–Crippen LogP) is 3.17. The molecule has 0 aromatic carbocycles. The molecule has 1 aromatic rings. The van der Waals surface area contributed by atoms with E-state index in [1.54, 1.807) is 6.26 Å². The number of nitrogens with one attached hydrogen (secondary N) is 2. The van der Waals surface area contributed by atoms with Gasteiger partial charge in [-0.3, -0.25) is 0 Å². The smallest absolute Gasteiger partial charge is 0.370 e. The highest BCUT2D eigenvalue weighted by atomic mass is 32.2. The first kappa shape index (κ1) is 15.9. The number of aromatic nitrogens is 2. The zero-order chi connectivity index (χ0) is 14.5. The molecule has 0 aliphatic rings. The largest absolute Gasteiger partial charge is 0.405 e. The number of hydrogen-bond donors (Lipinski definition) is 2. The van der Waals surface area contributed by atoms with Crippen LogP contribution in [0.1, 0.15) is 19.4 Å². The van der Waals surface area contributed by atoms with Gasteiger partial charge in [-0.2, -0.15) is 13.2 Å². The maximum atomic E-state index is 12.3. The molecule has 0 saturated heterocycles. The molecular formula is C11H17F3N4S. The quantitative estimate of drug-likeness (QED) is 0.623. The van der Waals surface area contributed by atoms with Crippen LogP contribution in [0.2, 0.25) is 0 Å². The lowest BCUT2D eigenvalue weighted by molar-refractivity contribution is -0.115. The van der Waals surface area contributed by atoms with Crippen LogP contribution in [0.15, 0.2) is 5.16 Å². The van der Waals surface area contributed by atoms with Gasteiger partial charge in [0.15, 0.2) is 5.16 Å². The van der Waals surface area contributed by atoms with E-state index >= 15 is 0 Å². The maximum Gasteiger partial charge on any atom is 0.405 e. The van der Waals surface area contributed by atoms with Crippen molar-refractivity contribution >= 4 is 23.4 Å². The van der Waals surface area contributed by atoms with Crippen LogP contribution >= 0.6 is 11.8 Å². The standard InChI is InChI=1S/C11H17F3N4S/c1-4-7-8(15-5-2)17-10(19-3)18-9(7)16-6-11(12,13)14/h4-6H2,1-3H3,(H2,15,16,17,18). The van der Waals surface area contributed by atoms with Crippen molar-refractivity contribution in [2.45, 2.75) is 31.6 Å². The molecule has 1 heterocycles. The molecule has 0 atom stereocenters. The molecule has 0 bridgehead atoms. The Hall–Kier alpha value is -1.18. The van der Waals surface area contributed by atoms with Crippen molar-refractivity contribution in [2.24, 2.45) is 0 Å². The van der Waals surface area contributed by atoms with Crippen LogP contribution < -0.4 is 10.6 Å². The first-order chi connectivity index (χ1) is 8.91. The fraction of sp³-hybridized carbons (Fsp3) is 0.636. The Kier molecular flexibility index (Phi) is 5.71. The van der Waals surface area contributed by atoms with Gasteiger partial charge in [-0.25, -0.2) is 9.97 Å². The van der Waals surface area contributed by atoms with E-state index in [9.17, 15) is 13.2 Å². The average molecular weight is 294 g/mol. The van der Waals surface area contributed by atoms with Crippen molar-refractivity contribution in [3.63, 3.8) is 0 Å². The molecule has 0 aliphatic heterocycles. The normalized spacial score (nSPS) is 11.5. The molecule has 2 N–H and O–H groups in total. The van der Waals surface area contributed by atoms with Crippen LogP contribution in [0.3, 0.4) is 0 Å². The fourth-order valence-electron chi connectivity index (χ4n) is 1.53. The van der Waals surface area contributed by atoms with Crippen LogP contribution in [-0.2, 0) is 6.42 Å². The summed E-state index contributed by atoms with van der Waals surface area (Å²) >= 11 is 1.29. The molecule has 0 amide bonds. The minimum absolute atomic E-state index is 0.245. The molecule has 0 unspecified atom stereocenters. The van der Waals surface area contributed by atoms with Gasteiger partial charge in [0.1, 0.15) is 18.2 Å². The summed E-state index contributed by atoms with van der Waals surface area (Å²) in [6.45, 7) is 3.31. The molecule has 0 fully saturated rings. The summed E-state index contributed by atoms with van der Waals surface area (Å²) in [6, 6.07) is 0. The lowest BCUT2D eigenvalue weighted by Crippen LogP contribution is -2.23. The molecule has 4 nitrogen and oxygen atoms in total. The van der Waals surface area contributed by atoms with Gasteiger partial charge in [-0.1, -0.05) is 18.7 Å². The Morgan fingerprint density at radius 3 is 2.11 bits per heavy atom. The van der Waals surface area contributed by atoms with Crippen LogP contribution in [0.5, 0.6) is 0 Å². The number of nitrogens with zero attached hydrogens (tertiary/aromatic N) is 2. The van der Waals surface area contributed by atoms with Crippen molar-refractivity contribution in [3.05, 3.63) is 5.56 Å². The number of hydrogen-bond acceptors (Lipinski definition) is 5. The summed E-state index contributed by atoms with van der Waals surface area (Å²) in [4.78, 5) is 8.39. The van der Waals surface area contributed by atoms with Crippen molar-refractivity contribution in [3.8, 4) is 0 Å². The van der Waals surface area contributed by atoms with Gasteiger partial charge in [0, 0.05) is 12.1 Å². The summed E-state index contributed by atoms with van der Waals surface area (Å²) in [5.41, 5.74) is 0.670. The lowest BCUT2D eigenvalue weighted by Gasteiger charge is -2.16. The van der Waals surface area contributed by atoms with Gasteiger partial charge in [0.05, 0.1) is 0 Å². The topological polar surface area (TPSA) is 49.8 Å². The number of halogens is 3. The lowest BCUT2D eigenvalue weighted by atomic mass is 10.2. The molecule has 1 rings (SSSR count). The summed E-state index contributed by atoms with van der Waals surface area (Å²) in [6.07, 6.45) is -1.94. The highest BCUT2D eigenvalue weighted by Gasteiger charge is 2.27. The van der Waals surface area contributed by atoms with Gasteiger partial charge < -0.3 is 10.6 Å². The Morgan fingerprint density at radius 1 is 1.11 bits per heavy atom. The predicted molar refractivity (Wildman–Crippen MR) is 71.9 cm³/mol. The number of alkyl halides is 3. The van der Waals surface area contributed by atoms with E-state index in [4.69, 9.17) is 0 Å². The van der Waals surface area contributed by atoms with E-state index in [2.05, 4.69) is 20.6 Å². The van der Waals surface area contributed by atoms with E-state index in [1.807, 2.05) is 13.8 Å². The highest BCUT2D eigenvalue weighted by molar-refractivity contribution is 7.98. The van der Waals surface area contributed by atoms with Gasteiger partial charge >= 0.3 is 6.18 Å². The van der Waals surface area contributed by atoms with E-state index in [0.29, 0.717) is 29.5 Å². The third kappa shape index (κ3) is 4.77. The van der Waals surface area contributed by atoms with Crippen molar-refractivity contribution < 1.29 is 13.2 Å². The zero-order valence-electron chi connectivity index (χ0n) is 11.1. The monoisotopic (exact) mass is 294 g/mol. The summed E-state index contributed by atoms with van der Waals surface area (Å²) < 4.78 is 36.8. The summed E-state index contributed by atoms with van der Waals surface area (Å²) in [5.74, 6) is 0.837. The molecule has 0 spiro atoms. The number of anilines is 2. The van der Waals surface area contributed by atoms with E-state index in [1.165, 1.54) is 11.8 Å². The third-order valence-corrected chi connectivity index (χ3v) is 2.87. The van der Waals surface area contributed by atoms with Crippen LogP contribution in [0.4, 0.5) is 24.8 Å². The van der Waals surface area contributed by atoms with E-state index in [-0.39, 0.29) is 5.82 Å². The van der Waals surface area contributed by atoms with Crippen molar-refractivity contribution in [1.29, 1.82) is 0 Å². The summed E-state index contributed by atoms with van der Waals surface area (Å²) in [5, 5.41) is 5.84. The first-order valence-corrected chi connectivity index (χ1v) is 7.13. The van der Waals surface area contributed by atoms with E-state index < -0.39 is 12.7 Å². The van der Waals surface area contributed by atoms with Crippen LogP contribution in [0.25, 0.3) is 0 Å². The second kappa shape index (κ2) is 6.83. The molecule has 0 radical (unpaired) electrons. The minimum atomic E-state index is -4.27. The fourth-order valence-corrected chi connectivity index (χ4v) is 1.90.